The van der Waals surface area contributed by atoms with Crippen LogP contribution < -0.4 is 0 Å². The fourth-order valence-corrected chi connectivity index (χ4v) is 3.56. The second kappa shape index (κ2) is 5.65. The monoisotopic (exact) mass is 275 g/mol. The lowest BCUT2D eigenvalue weighted by Crippen LogP contribution is -2.45. The van der Waals surface area contributed by atoms with Crippen LogP contribution in [0.3, 0.4) is 0 Å². The predicted octanol–water partition coefficient (Wildman–Crippen LogP) is 4.36. The Morgan fingerprint density at radius 1 is 0.810 bits per heavy atom. The molecule has 0 aromatic heterocycles. The number of nitrogens with zero attached hydrogens (tertiary/aromatic N) is 1. The Labute approximate surface area is 127 Å². The summed E-state index contributed by atoms with van der Waals surface area (Å²) in [6, 6.07) is 21.2. The number of hydrogen-bond donors (Lipinski definition) is 0. The van der Waals surface area contributed by atoms with Crippen LogP contribution in [0, 0.1) is 18.4 Å². The van der Waals surface area contributed by atoms with Crippen LogP contribution in [0.25, 0.3) is 11.1 Å². The molecule has 0 amide bonds. The van der Waals surface area contributed by atoms with Crippen molar-refractivity contribution < 1.29 is 0 Å². The van der Waals surface area contributed by atoms with Crippen molar-refractivity contribution in [1.82, 2.24) is 4.90 Å². The minimum atomic E-state index is 0.841. The Bertz CT molecular complexity index is 579. The van der Waals surface area contributed by atoms with E-state index >= 15 is 0 Å². The lowest BCUT2D eigenvalue weighted by molar-refractivity contribution is 0.156. The number of rotatable bonds is 3. The minimum absolute atomic E-state index is 0.841. The molecular weight excluding hydrogens is 254 g/mol. The van der Waals surface area contributed by atoms with Gasteiger partial charge in [0.25, 0.3) is 0 Å². The maximum Gasteiger partial charge on any atom is 0.0473 e. The summed E-state index contributed by atoms with van der Waals surface area (Å²) >= 11 is 0. The molecule has 0 spiro atoms. The molecule has 2 bridgehead atoms. The van der Waals surface area contributed by atoms with Crippen LogP contribution in [0.2, 0.25) is 0 Å². The van der Waals surface area contributed by atoms with Gasteiger partial charge in [0.15, 0.2) is 0 Å². The summed E-state index contributed by atoms with van der Waals surface area (Å²) in [5.41, 5.74) is 4.02. The highest BCUT2D eigenvalue weighted by Crippen LogP contribution is 2.37. The molecule has 21 heavy (non-hydrogen) atoms. The first-order valence-electron chi connectivity index (χ1n) is 7.98. The Morgan fingerprint density at radius 3 is 2.10 bits per heavy atom. The van der Waals surface area contributed by atoms with E-state index in [1.165, 1.54) is 42.6 Å². The van der Waals surface area contributed by atoms with Gasteiger partial charge in [-0.1, -0.05) is 54.6 Å². The lowest BCUT2D eigenvalue weighted by Gasteiger charge is -2.44. The highest BCUT2D eigenvalue weighted by atomic mass is 15.2. The van der Waals surface area contributed by atoms with Crippen molar-refractivity contribution >= 4 is 0 Å². The van der Waals surface area contributed by atoms with Crippen molar-refractivity contribution in [2.24, 2.45) is 5.92 Å². The number of fused-ring (bicyclic) bond motifs is 3. The first-order chi connectivity index (χ1) is 10.4. The molecule has 3 aliphatic rings. The molecule has 2 aromatic carbocycles. The van der Waals surface area contributed by atoms with E-state index < -0.39 is 0 Å². The zero-order valence-electron chi connectivity index (χ0n) is 12.3. The largest absolute Gasteiger partial charge is 0.295 e. The number of benzene rings is 2. The molecule has 0 N–H and O–H groups in total. The third kappa shape index (κ3) is 2.75. The molecule has 0 aliphatic carbocycles. The van der Waals surface area contributed by atoms with Crippen LogP contribution in [-0.4, -0.2) is 18.0 Å². The lowest BCUT2D eigenvalue weighted by atomic mass is 9.81. The number of hydrogen-bond acceptors (Lipinski definition) is 1. The Kier molecular flexibility index (Phi) is 3.52. The second-order valence-corrected chi connectivity index (χ2v) is 6.22. The smallest absolute Gasteiger partial charge is 0.0473 e. The summed E-state index contributed by atoms with van der Waals surface area (Å²) in [5, 5.41) is 0. The van der Waals surface area contributed by atoms with Crippen molar-refractivity contribution in [2.45, 2.75) is 19.3 Å². The molecule has 2 aromatic rings. The maximum absolute atomic E-state index is 2.57. The van der Waals surface area contributed by atoms with E-state index in [2.05, 4.69) is 65.9 Å². The molecule has 3 fully saturated rings. The third-order valence-electron chi connectivity index (χ3n) is 4.82. The molecule has 0 atom stereocenters. The van der Waals surface area contributed by atoms with Gasteiger partial charge in [-0.25, -0.2) is 0 Å². The van der Waals surface area contributed by atoms with Gasteiger partial charge in [-0.05, 0) is 61.4 Å². The average molecular weight is 275 g/mol. The van der Waals surface area contributed by atoms with Crippen molar-refractivity contribution in [3.8, 4) is 11.1 Å². The van der Waals surface area contributed by atoms with Crippen LogP contribution >= 0.6 is 0 Å². The second-order valence-electron chi connectivity index (χ2n) is 6.22. The van der Waals surface area contributed by atoms with Gasteiger partial charge in [-0.3, -0.25) is 4.90 Å². The molecular formula is C20H21N. The molecule has 106 valence electrons. The highest BCUT2D eigenvalue weighted by molar-refractivity contribution is 5.63. The summed E-state index contributed by atoms with van der Waals surface area (Å²) in [6.07, 6.45) is 6.32. The van der Waals surface area contributed by atoms with Gasteiger partial charge >= 0.3 is 0 Å². The van der Waals surface area contributed by atoms with E-state index in [4.69, 9.17) is 0 Å². The van der Waals surface area contributed by atoms with Crippen molar-refractivity contribution in [2.75, 3.05) is 13.1 Å². The van der Waals surface area contributed by atoms with Gasteiger partial charge in [-0.15, -0.1) is 0 Å². The van der Waals surface area contributed by atoms with Gasteiger partial charge in [-0.2, -0.15) is 0 Å². The van der Waals surface area contributed by atoms with E-state index in [-0.39, 0.29) is 0 Å². The van der Waals surface area contributed by atoms with Gasteiger partial charge in [0.2, 0.25) is 0 Å². The Morgan fingerprint density at radius 2 is 1.48 bits per heavy atom. The summed E-state index contributed by atoms with van der Waals surface area (Å²) in [5.74, 6) is 0.841. The first kappa shape index (κ1) is 13.1. The normalized spacial score (nSPS) is 25.1. The van der Waals surface area contributed by atoms with Gasteiger partial charge < -0.3 is 0 Å². The quantitative estimate of drug-likeness (QED) is 0.804. The Hall–Kier alpha value is -1.60. The van der Waals surface area contributed by atoms with Crippen molar-refractivity contribution in [1.29, 1.82) is 0 Å². The maximum atomic E-state index is 2.57. The van der Waals surface area contributed by atoms with Crippen molar-refractivity contribution in [3.63, 3.8) is 0 Å². The van der Waals surface area contributed by atoms with Crippen LogP contribution in [0.4, 0.5) is 0 Å². The summed E-state index contributed by atoms with van der Waals surface area (Å²) in [4.78, 5) is 2.57. The first-order valence-corrected chi connectivity index (χ1v) is 7.98. The van der Waals surface area contributed by atoms with E-state index in [1.54, 1.807) is 6.04 Å². The van der Waals surface area contributed by atoms with Gasteiger partial charge in [0, 0.05) is 6.04 Å². The van der Waals surface area contributed by atoms with Crippen LogP contribution in [0.5, 0.6) is 0 Å². The molecule has 0 saturated carbocycles. The summed E-state index contributed by atoms with van der Waals surface area (Å²) in [7, 11) is 0. The number of piperidine rings is 3. The highest BCUT2D eigenvalue weighted by Gasteiger charge is 2.34. The molecule has 1 nitrogen and oxygen atoms in total. The molecule has 3 saturated heterocycles. The minimum Gasteiger partial charge on any atom is -0.295 e. The van der Waals surface area contributed by atoms with Crippen LogP contribution in [0.15, 0.2) is 54.6 Å². The molecule has 2 radical (unpaired) electrons. The third-order valence-corrected chi connectivity index (χ3v) is 4.82. The molecule has 0 unspecified atom stereocenters. The SMILES string of the molecule is [CH]1[C](Cc2ccc(-c3ccccc3)cc2)N2CCC1CC2. The zero-order chi connectivity index (χ0) is 14.1. The molecule has 3 aliphatic heterocycles. The van der Waals surface area contributed by atoms with Crippen LogP contribution in [0.1, 0.15) is 18.4 Å². The van der Waals surface area contributed by atoms with Gasteiger partial charge in [0.05, 0.1) is 0 Å². The fourth-order valence-electron chi connectivity index (χ4n) is 3.56. The standard InChI is InChI=1S/C20H21N/c1-2-4-18(5-3-1)19-8-6-16(7-9-19)14-20-15-17-10-12-21(20)13-11-17/h1-9,15,17H,10-14H2. The fraction of sp³-hybridized carbons (Fsp3) is 0.300. The van der Waals surface area contributed by atoms with Gasteiger partial charge in [0.1, 0.15) is 0 Å². The van der Waals surface area contributed by atoms with Crippen molar-refractivity contribution in [3.05, 3.63) is 72.6 Å². The predicted molar refractivity (Wildman–Crippen MR) is 87.4 cm³/mol. The zero-order valence-corrected chi connectivity index (χ0v) is 12.3. The molecule has 3 heterocycles. The van der Waals surface area contributed by atoms with E-state index in [9.17, 15) is 0 Å². The van der Waals surface area contributed by atoms with Crippen LogP contribution in [-0.2, 0) is 6.42 Å². The topological polar surface area (TPSA) is 3.24 Å². The van der Waals surface area contributed by atoms with E-state index in [0.717, 1.165) is 12.3 Å². The summed E-state index contributed by atoms with van der Waals surface area (Å²) < 4.78 is 0. The Balaban J connectivity index is 1.47. The molecule has 1 heteroatoms. The molecule has 5 rings (SSSR count). The average Bonchev–Trinajstić information content (AvgIpc) is 2.57. The van der Waals surface area contributed by atoms with E-state index in [1.807, 2.05) is 0 Å². The summed E-state index contributed by atoms with van der Waals surface area (Å²) in [6.45, 7) is 2.52. The van der Waals surface area contributed by atoms with E-state index in [0.29, 0.717) is 0 Å².